The van der Waals surface area contributed by atoms with Gasteiger partial charge in [0, 0.05) is 11.8 Å². The molecule has 32 heavy (non-hydrogen) atoms. The summed E-state index contributed by atoms with van der Waals surface area (Å²) >= 11 is 6.21. The van der Waals surface area contributed by atoms with Gasteiger partial charge >= 0.3 is 0 Å². The van der Waals surface area contributed by atoms with E-state index in [0.29, 0.717) is 41.5 Å². The van der Waals surface area contributed by atoms with Gasteiger partial charge in [0.05, 0.1) is 6.54 Å². The number of nitrogens with one attached hydrogen (secondary N) is 2. The molecule has 0 bridgehead atoms. The molecule has 4 rings (SSSR count). The lowest BCUT2D eigenvalue weighted by molar-refractivity contribution is -0.199. The largest absolute Gasteiger partial charge is 0.300 e. The fourth-order valence-corrected chi connectivity index (χ4v) is 4.59. The van der Waals surface area contributed by atoms with Crippen molar-refractivity contribution >= 4 is 40.5 Å². The van der Waals surface area contributed by atoms with Crippen LogP contribution in [0.3, 0.4) is 0 Å². The van der Waals surface area contributed by atoms with E-state index >= 15 is 0 Å². The first-order valence-electron chi connectivity index (χ1n) is 10.5. The van der Waals surface area contributed by atoms with Crippen molar-refractivity contribution in [2.75, 3.05) is 5.32 Å². The van der Waals surface area contributed by atoms with Crippen molar-refractivity contribution in [2.45, 2.75) is 32.4 Å². The molecule has 0 radical (unpaired) electrons. The van der Waals surface area contributed by atoms with E-state index in [1.807, 2.05) is 60.7 Å². The molecular weight excluding hydrogens is 444 g/mol. The molecule has 0 aliphatic heterocycles. The van der Waals surface area contributed by atoms with E-state index in [4.69, 9.17) is 17.1 Å². The van der Waals surface area contributed by atoms with Gasteiger partial charge in [-0.25, -0.2) is 5.06 Å². The molecule has 2 amide bonds. The fraction of sp³-hybridized carbons (Fsp3) is 0.304. The van der Waals surface area contributed by atoms with Gasteiger partial charge in [-0.3, -0.25) is 19.5 Å². The summed E-state index contributed by atoms with van der Waals surface area (Å²) < 4.78 is 0.506. The number of amides is 2. The van der Waals surface area contributed by atoms with Crippen LogP contribution in [0.1, 0.15) is 30.4 Å². The predicted molar refractivity (Wildman–Crippen MR) is 125 cm³/mol. The summed E-state index contributed by atoms with van der Waals surface area (Å²) in [4.78, 5) is 31.9. The number of carbonyl (C=O) groups excluding carboxylic acids is 2. The molecule has 1 aliphatic carbocycles. The lowest BCUT2D eigenvalue weighted by Gasteiger charge is -2.25. The van der Waals surface area contributed by atoms with Gasteiger partial charge in [0.2, 0.25) is 16.9 Å². The molecule has 166 valence electrons. The Kier molecular flexibility index (Phi) is 7.41. The molecule has 3 aromatic rings. The van der Waals surface area contributed by atoms with E-state index < -0.39 is 0 Å². The third kappa shape index (κ3) is 5.87. The first-order chi connectivity index (χ1) is 15.6. The topological polar surface area (TPSA) is 87.3 Å². The fourth-order valence-electron chi connectivity index (χ4n) is 3.80. The van der Waals surface area contributed by atoms with Crippen molar-refractivity contribution < 1.29 is 14.4 Å². The standard InChI is InChI=1S/C23H24N4O3S2/c28-20(24-22-25-26-23(31)32-22)18-11-12-19(13-18)21(29)27(14-16-7-3-1-4-8-16)30-15-17-9-5-2-6-10-17/h1-10,18-19H,11-15H2,(H,26,31)(H,24,25,28)/t18-,19+/m1/s1. The number of rotatable bonds is 8. The Morgan fingerprint density at radius 1 is 1.06 bits per heavy atom. The van der Waals surface area contributed by atoms with Crippen LogP contribution in [0.2, 0.25) is 0 Å². The number of anilines is 1. The van der Waals surface area contributed by atoms with E-state index in [0.717, 1.165) is 11.1 Å². The van der Waals surface area contributed by atoms with Crippen molar-refractivity contribution in [1.82, 2.24) is 15.3 Å². The minimum Gasteiger partial charge on any atom is -0.300 e. The molecule has 1 saturated carbocycles. The minimum atomic E-state index is -0.261. The molecule has 0 saturated heterocycles. The van der Waals surface area contributed by atoms with Crippen LogP contribution in [-0.4, -0.2) is 27.1 Å². The third-order valence-corrected chi connectivity index (χ3v) is 6.47. The van der Waals surface area contributed by atoms with Gasteiger partial charge in [-0.15, -0.1) is 5.10 Å². The van der Waals surface area contributed by atoms with Crippen LogP contribution in [0.5, 0.6) is 0 Å². The maximum atomic E-state index is 13.3. The van der Waals surface area contributed by atoms with Crippen LogP contribution >= 0.6 is 23.6 Å². The van der Waals surface area contributed by atoms with Crippen molar-refractivity contribution in [1.29, 1.82) is 0 Å². The smallest absolute Gasteiger partial charge is 0.249 e. The van der Waals surface area contributed by atoms with Crippen molar-refractivity contribution in [2.24, 2.45) is 11.8 Å². The average molecular weight is 469 g/mol. The highest BCUT2D eigenvalue weighted by Crippen LogP contribution is 2.34. The zero-order chi connectivity index (χ0) is 22.3. The Bertz CT molecular complexity index is 1100. The molecule has 2 atom stereocenters. The van der Waals surface area contributed by atoms with Crippen LogP contribution in [-0.2, 0) is 27.6 Å². The number of benzene rings is 2. The Morgan fingerprint density at radius 3 is 2.38 bits per heavy atom. The molecule has 2 aromatic carbocycles. The van der Waals surface area contributed by atoms with Crippen molar-refractivity contribution in [3.8, 4) is 0 Å². The summed E-state index contributed by atoms with van der Waals surface area (Å²) in [6, 6.07) is 19.5. The van der Waals surface area contributed by atoms with Gasteiger partial charge < -0.3 is 5.32 Å². The Balaban J connectivity index is 1.40. The average Bonchev–Trinajstić information content (AvgIpc) is 3.47. The summed E-state index contributed by atoms with van der Waals surface area (Å²) in [5.41, 5.74) is 1.98. The summed E-state index contributed by atoms with van der Waals surface area (Å²) in [5, 5.41) is 11.3. The second-order valence-corrected chi connectivity index (χ2v) is 9.40. The molecule has 0 spiro atoms. The summed E-state index contributed by atoms with van der Waals surface area (Å²) in [6.45, 7) is 0.663. The highest BCUT2D eigenvalue weighted by molar-refractivity contribution is 7.73. The maximum Gasteiger partial charge on any atom is 0.249 e. The van der Waals surface area contributed by atoms with E-state index in [1.54, 1.807) is 0 Å². The predicted octanol–water partition coefficient (Wildman–Crippen LogP) is 4.72. The lowest BCUT2D eigenvalue weighted by Crippen LogP contribution is -2.35. The number of aromatic amines is 1. The Labute approximate surface area is 195 Å². The maximum absolute atomic E-state index is 13.3. The summed E-state index contributed by atoms with van der Waals surface area (Å²) in [5.74, 6) is -0.717. The van der Waals surface area contributed by atoms with E-state index in [9.17, 15) is 9.59 Å². The molecule has 1 aromatic heterocycles. The van der Waals surface area contributed by atoms with E-state index in [2.05, 4.69) is 15.5 Å². The Morgan fingerprint density at radius 2 is 1.72 bits per heavy atom. The van der Waals surface area contributed by atoms with Gasteiger partial charge in [-0.05, 0) is 42.6 Å². The highest BCUT2D eigenvalue weighted by Gasteiger charge is 2.36. The van der Waals surface area contributed by atoms with Crippen LogP contribution in [0, 0.1) is 15.8 Å². The van der Waals surface area contributed by atoms with Crippen LogP contribution in [0.25, 0.3) is 0 Å². The molecule has 1 fully saturated rings. The quantitative estimate of drug-likeness (QED) is 0.369. The summed E-state index contributed by atoms with van der Waals surface area (Å²) in [6.07, 6.45) is 1.78. The second-order valence-electron chi connectivity index (χ2n) is 7.73. The van der Waals surface area contributed by atoms with E-state index in [1.165, 1.54) is 16.4 Å². The Hall–Kier alpha value is -2.88. The zero-order valence-corrected chi connectivity index (χ0v) is 19.0. The van der Waals surface area contributed by atoms with Crippen LogP contribution in [0.15, 0.2) is 60.7 Å². The molecule has 1 aliphatic rings. The minimum absolute atomic E-state index is 0.0875. The number of nitrogens with zero attached hydrogens (tertiary/aromatic N) is 2. The summed E-state index contributed by atoms with van der Waals surface area (Å²) in [7, 11) is 0. The number of hydroxylamine groups is 2. The first-order valence-corrected chi connectivity index (χ1v) is 11.7. The number of hydrogen-bond acceptors (Lipinski definition) is 6. The van der Waals surface area contributed by atoms with Gasteiger partial charge in [0.15, 0.2) is 3.95 Å². The van der Waals surface area contributed by atoms with Crippen molar-refractivity contribution in [3.05, 3.63) is 75.7 Å². The number of hydrogen-bond donors (Lipinski definition) is 2. The van der Waals surface area contributed by atoms with Crippen LogP contribution < -0.4 is 5.32 Å². The highest BCUT2D eigenvalue weighted by atomic mass is 32.1. The van der Waals surface area contributed by atoms with Gasteiger partial charge in [-0.2, -0.15) is 0 Å². The van der Waals surface area contributed by atoms with Crippen molar-refractivity contribution in [3.63, 3.8) is 0 Å². The number of H-pyrrole nitrogens is 1. The monoisotopic (exact) mass is 468 g/mol. The first kappa shape index (κ1) is 22.3. The molecular formula is C23H24N4O3S2. The SMILES string of the molecule is O=C(Nc1n[nH]c(=S)s1)[C@@H]1CC[C@H](C(=O)N(Cc2ccccc2)OCc2ccccc2)C1. The molecule has 2 N–H and O–H groups in total. The third-order valence-electron chi connectivity index (χ3n) is 5.47. The molecule has 0 unspecified atom stereocenters. The van der Waals surface area contributed by atoms with E-state index in [-0.39, 0.29) is 23.7 Å². The second kappa shape index (κ2) is 10.6. The normalized spacial score (nSPS) is 17.8. The number of carbonyl (C=O) groups is 2. The lowest BCUT2D eigenvalue weighted by atomic mass is 10.0. The van der Waals surface area contributed by atoms with Gasteiger partial charge in [0.1, 0.15) is 6.61 Å². The van der Waals surface area contributed by atoms with Crippen LogP contribution in [0.4, 0.5) is 5.13 Å². The van der Waals surface area contributed by atoms with Gasteiger partial charge in [-0.1, -0.05) is 72.0 Å². The van der Waals surface area contributed by atoms with Gasteiger partial charge in [0.25, 0.3) is 0 Å². The molecule has 7 nitrogen and oxygen atoms in total. The zero-order valence-electron chi connectivity index (χ0n) is 17.4. The molecule has 1 heterocycles. The molecule has 9 heteroatoms. The number of aromatic nitrogens is 2.